The Labute approximate surface area is 90.1 Å². The topological polar surface area (TPSA) is 125 Å². The summed E-state index contributed by atoms with van der Waals surface area (Å²) in [5, 5.41) is 8.22. The molecule has 1 amide bonds. The first-order valence-electron chi connectivity index (χ1n) is 3.89. The van der Waals surface area contributed by atoms with E-state index < -0.39 is 21.9 Å². The Morgan fingerprint density at radius 3 is 2.69 bits per heavy atom. The molecule has 0 aliphatic heterocycles. The highest BCUT2D eigenvalue weighted by Crippen LogP contribution is 1.98. The van der Waals surface area contributed by atoms with E-state index in [9.17, 15) is 18.0 Å². The fourth-order valence-electron chi connectivity index (χ4n) is 0.816. The molecule has 1 aromatic rings. The van der Waals surface area contributed by atoms with E-state index in [-0.39, 0.29) is 5.69 Å². The number of anilines is 1. The second kappa shape index (κ2) is 4.57. The Balaban J connectivity index is 3.03. The van der Waals surface area contributed by atoms with E-state index >= 15 is 0 Å². The minimum absolute atomic E-state index is 0.348. The lowest BCUT2D eigenvalue weighted by Gasteiger charge is -2.03. The Morgan fingerprint density at radius 1 is 1.38 bits per heavy atom. The first-order valence-corrected chi connectivity index (χ1v) is 5.38. The van der Waals surface area contributed by atoms with Crippen LogP contribution in [0.3, 0.4) is 0 Å². The molecular weight excluding hydrogens is 238 g/mol. The molecule has 0 fully saturated rings. The van der Waals surface area contributed by atoms with Gasteiger partial charge < -0.3 is 5.11 Å². The maximum Gasteiger partial charge on any atom is 0.419 e. The first kappa shape index (κ1) is 11.9. The van der Waals surface area contributed by atoms with Crippen LogP contribution in [0.4, 0.5) is 10.5 Å². The van der Waals surface area contributed by atoms with Gasteiger partial charge in [0.1, 0.15) is 5.69 Å². The smallest absolute Gasteiger partial charge is 0.419 e. The molecule has 1 rings (SSSR count). The van der Waals surface area contributed by atoms with Gasteiger partial charge in [-0.1, -0.05) is 6.07 Å². The quantitative estimate of drug-likeness (QED) is 0.650. The number of rotatable bonds is 3. The molecule has 1 aromatic heterocycles. The van der Waals surface area contributed by atoms with E-state index in [1.54, 1.807) is 4.72 Å². The van der Waals surface area contributed by atoms with E-state index in [0.29, 0.717) is 0 Å². The summed E-state index contributed by atoms with van der Waals surface area (Å²) >= 11 is 0. The van der Waals surface area contributed by atoms with Crippen LogP contribution >= 0.6 is 0 Å². The molecule has 0 saturated carbocycles. The lowest BCUT2D eigenvalue weighted by Crippen LogP contribution is -2.35. The second-order valence-corrected chi connectivity index (χ2v) is 3.98. The van der Waals surface area contributed by atoms with Crippen LogP contribution in [0.1, 0.15) is 0 Å². The molecule has 9 heteroatoms. The van der Waals surface area contributed by atoms with Crippen molar-refractivity contribution in [3.8, 4) is 0 Å². The molecule has 8 nitrogen and oxygen atoms in total. The van der Waals surface area contributed by atoms with Crippen LogP contribution in [-0.4, -0.2) is 24.6 Å². The standard InChI is InChI=1S/C7H7N3O5S/c11-6-5(3-1-2-4-8-6)9-16(14,15)10-7(12)13/h1-4,10H,(H,12,13)(H,8,9,11). The number of hydrogen-bond acceptors (Lipinski definition) is 5. The molecule has 0 radical (unpaired) electrons. The first-order chi connectivity index (χ1) is 7.41. The zero-order valence-corrected chi connectivity index (χ0v) is 8.56. The van der Waals surface area contributed by atoms with E-state index in [4.69, 9.17) is 5.11 Å². The Morgan fingerprint density at radius 2 is 2.06 bits per heavy atom. The third-order valence-electron chi connectivity index (χ3n) is 1.35. The molecule has 16 heavy (non-hydrogen) atoms. The minimum atomic E-state index is -4.33. The number of hydrogen-bond donors (Lipinski definition) is 3. The third kappa shape index (κ3) is 3.53. The van der Waals surface area contributed by atoms with E-state index in [1.165, 1.54) is 23.1 Å². The van der Waals surface area contributed by atoms with Gasteiger partial charge in [-0.05, 0) is 12.1 Å². The predicted octanol–water partition coefficient (Wildman–Crippen LogP) is -0.634. The van der Waals surface area contributed by atoms with Gasteiger partial charge in [-0.2, -0.15) is 8.42 Å². The fraction of sp³-hybridized carbons (Fsp3) is 0. The van der Waals surface area contributed by atoms with Gasteiger partial charge in [-0.3, -0.25) is 9.52 Å². The van der Waals surface area contributed by atoms with Crippen molar-refractivity contribution < 1.29 is 18.3 Å². The maximum atomic E-state index is 11.2. The molecule has 0 atom stereocenters. The van der Waals surface area contributed by atoms with Gasteiger partial charge >= 0.3 is 16.3 Å². The van der Waals surface area contributed by atoms with Crippen LogP contribution in [-0.2, 0) is 10.2 Å². The van der Waals surface area contributed by atoms with Crippen molar-refractivity contribution >= 4 is 22.0 Å². The normalized spacial score (nSPS) is 10.5. The number of nitrogens with one attached hydrogen (secondary N) is 2. The lowest BCUT2D eigenvalue weighted by atomic mass is 10.5. The maximum absolute atomic E-state index is 11.2. The van der Waals surface area contributed by atoms with Gasteiger partial charge in [0, 0.05) is 6.20 Å². The van der Waals surface area contributed by atoms with Crippen molar-refractivity contribution in [2.75, 3.05) is 4.72 Å². The van der Waals surface area contributed by atoms with E-state index in [0.717, 1.165) is 6.07 Å². The lowest BCUT2D eigenvalue weighted by molar-refractivity contribution is 0.201. The third-order valence-corrected chi connectivity index (χ3v) is 2.28. The van der Waals surface area contributed by atoms with Crippen molar-refractivity contribution in [2.45, 2.75) is 0 Å². The van der Waals surface area contributed by atoms with Crippen LogP contribution in [0, 0.1) is 0 Å². The number of carbonyl (C=O) groups is 1. The largest absolute Gasteiger partial charge is 0.464 e. The number of nitrogens with zero attached hydrogens (tertiary/aromatic N) is 1. The molecule has 0 aliphatic carbocycles. The molecular formula is C7H7N3O5S. The van der Waals surface area contributed by atoms with Crippen molar-refractivity contribution in [1.29, 1.82) is 0 Å². The monoisotopic (exact) mass is 245 g/mol. The summed E-state index contributed by atoms with van der Waals surface area (Å²) in [4.78, 5) is 24.6. The summed E-state index contributed by atoms with van der Waals surface area (Å²) in [7, 11) is -4.33. The highest BCUT2D eigenvalue weighted by atomic mass is 32.2. The highest BCUT2D eigenvalue weighted by molar-refractivity contribution is 7.91. The van der Waals surface area contributed by atoms with Gasteiger partial charge in [0.05, 0.1) is 0 Å². The zero-order valence-electron chi connectivity index (χ0n) is 7.75. The van der Waals surface area contributed by atoms with Crippen molar-refractivity contribution in [1.82, 2.24) is 9.71 Å². The summed E-state index contributed by atoms with van der Waals surface area (Å²) in [5.74, 6) is 0. The van der Waals surface area contributed by atoms with Crippen molar-refractivity contribution in [3.63, 3.8) is 0 Å². The Bertz CT molecular complexity index is 556. The SMILES string of the molecule is O=C(O)NS(=O)(=O)Nc1ccccnc1=O. The van der Waals surface area contributed by atoms with Gasteiger partial charge in [0.2, 0.25) is 0 Å². The molecule has 0 aromatic carbocycles. The molecule has 0 bridgehead atoms. The van der Waals surface area contributed by atoms with Gasteiger partial charge in [0.15, 0.2) is 0 Å². The van der Waals surface area contributed by atoms with Gasteiger partial charge in [-0.15, -0.1) is 0 Å². The van der Waals surface area contributed by atoms with Gasteiger partial charge in [-0.25, -0.2) is 14.5 Å². The molecule has 86 valence electrons. The van der Waals surface area contributed by atoms with Crippen LogP contribution in [0.15, 0.2) is 29.2 Å². The van der Waals surface area contributed by atoms with E-state index in [2.05, 4.69) is 4.98 Å². The fourth-order valence-corrected chi connectivity index (χ4v) is 1.54. The summed E-state index contributed by atoms with van der Waals surface area (Å²) in [5.41, 5.74) is -1.17. The number of carboxylic acid groups (broad SMARTS) is 1. The average Bonchev–Trinajstić information content (AvgIpc) is 2.29. The van der Waals surface area contributed by atoms with Crippen LogP contribution < -0.4 is 15.0 Å². The molecule has 0 unspecified atom stereocenters. The molecule has 3 N–H and O–H groups in total. The highest BCUT2D eigenvalue weighted by Gasteiger charge is 2.14. The van der Waals surface area contributed by atoms with Gasteiger partial charge in [0.25, 0.3) is 5.56 Å². The zero-order chi connectivity index (χ0) is 12.2. The van der Waals surface area contributed by atoms with E-state index in [1.807, 2.05) is 0 Å². The molecule has 0 saturated heterocycles. The number of aromatic nitrogens is 1. The molecule has 0 spiro atoms. The minimum Gasteiger partial charge on any atom is -0.464 e. The summed E-state index contributed by atoms with van der Waals surface area (Å²) < 4.78 is 25.1. The van der Waals surface area contributed by atoms with Crippen molar-refractivity contribution in [3.05, 3.63) is 34.7 Å². The molecule has 1 heterocycles. The summed E-state index contributed by atoms with van der Waals surface area (Å²) in [6.45, 7) is 0. The van der Waals surface area contributed by atoms with Crippen molar-refractivity contribution in [2.24, 2.45) is 0 Å². The van der Waals surface area contributed by atoms with Crippen LogP contribution in [0.2, 0.25) is 0 Å². The summed E-state index contributed by atoms with van der Waals surface area (Å²) in [6, 6.07) is 3.97. The molecule has 0 aliphatic rings. The average molecular weight is 245 g/mol. The Kier molecular flexibility index (Phi) is 3.40. The second-order valence-electron chi connectivity index (χ2n) is 2.56. The van der Waals surface area contributed by atoms with Crippen LogP contribution in [0.5, 0.6) is 0 Å². The predicted molar refractivity (Wildman–Crippen MR) is 54.2 cm³/mol. The Hall–Kier alpha value is -2.16. The van der Waals surface area contributed by atoms with Crippen LogP contribution in [0.25, 0.3) is 0 Å². The number of amides is 1. The summed E-state index contributed by atoms with van der Waals surface area (Å²) in [6.07, 6.45) is -0.571.